The van der Waals surface area contributed by atoms with E-state index in [1.54, 1.807) is 16.8 Å². The average molecular weight is 628 g/mol. The molecular formula is C35H34ClN3O4S. The Balaban J connectivity index is 1.42. The van der Waals surface area contributed by atoms with Crippen molar-refractivity contribution in [1.29, 1.82) is 0 Å². The van der Waals surface area contributed by atoms with E-state index in [2.05, 4.69) is 31.2 Å². The third-order valence-electron chi connectivity index (χ3n) is 7.78. The van der Waals surface area contributed by atoms with Crippen LogP contribution in [0.1, 0.15) is 30.9 Å². The van der Waals surface area contributed by atoms with Crippen molar-refractivity contribution in [1.82, 2.24) is 14.1 Å². The highest BCUT2D eigenvalue weighted by Crippen LogP contribution is 2.30. The molecule has 9 heteroatoms. The largest absolute Gasteiger partial charge is 0.480 e. The zero-order chi connectivity index (χ0) is 31.3. The summed E-state index contributed by atoms with van der Waals surface area (Å²) in [6.07, 6.45) is 2.32. The molecule has 5 aromatic rings. The van der Waals surface area contributed by atoms with Crippen molar-refractivity contribution < 1.29 is 18.3 Å². The van der Waals surface area contributed by atoms with Crippen LogP contribution in [-0.2, 0) is 27.7 Å². The van der Waals surface area contributed by atoms with Crippen molar-refractivity contribution in [2.45, 2.75) is 43.5 Å². The quantitative estimate of drug-likeness (QED) is 0.154. The van der Waals surface area contributed by atoms with Gasteiger partial charge in [-0.05, 0) is 79.3 Å². The van der Waals surface area contributed by atoms with E-state index in [1.807, 2.05) is 60.7 Å². The third kappa shape index (κ3) is 6.94. The fourth-order valence-electron chi connectivity index (χ4n) is 5.15. The van der Waals surface area contributed by atoms with Crippen LogP contribution in [0.5, 0.6) is 0 Å². The normalized spacial score (nSPS) is 12.4. The Morgan fingerprint density at radius 2 is 1.52 bits per heavy atom. The van der Waals surface area contributed by atoms with E-state index in [0.29, 0.717) is 23.6 Å². The maximum absolute atomic E-state index is 13.6. The second-order valence-corrected chi connectivity index (χ2v) is 13.1. The fourth-order valence-corrected chi connectivity index (χ4v) is 6.62. The summed E-state index contributed by atoms with van der Waals surface area (Å²) >= 11 is 6.11. The topological polar surface area (TPSA) is 92.5 Å². The first-order valence-electron chi connectivity index (χ1n) is 14.5. The number of carboxylic acids is 1. The van der Waals surface area contributed by atoms with E-state index in [9.17, 15) is 18.3 Å². The molecule has 0 saturated carbocycles. The van der Waals surface area contributed by atoms with E-state index in [-0.39, 0.29) is 11.3 Å². The summed E-state index contributed by atoms with van der Waals surface area (Å²) in [4.78, 5) is 12.1. The average Bonchev–Trinajstić information content (AvgIpc) is 3.49. The second-order valence-electron chi connectivity index (χ2n) is 10.6. The summed E-state index contributed by atoms with van der Waals surface area (Å²) in [5.41, 5.74) is 6.41. The molecule has 0 radical (unpaired) electrons. The Hall–Kier alpha value is -4.24. The highest BCUT2D eigenvalue weighted by Gasteiger charge is 2.32. The third-order valence-corrected chi connectivity index (χ3v) is 9.91. The summed E-state index contributed by atoms with van der Waals surface area (Å²) in [5, 5.41) is 15.4. The van der Waals surface area contributed by atoms with E-state index >= 15 is 0 Å². The lowest BCUT2D eigenvalue weighted by atomic mass is 10.0. The number of aliphatic carboxylic acids is 1. The summed E-state index contributed by atoms with van der Waals surface area (Å²) in [7, 11) is -2.75. The summed E-state index contributed by atoms with van der Waals surface area (Å²) < 4.78 is 29.9. The van der Waals surface area contributed by atoms with Crippen LogP contribution in [0.15, 0.2) is 114 Å². The van der Waals surface area contributed by atoms with Crippen LogP contribution in [0.2, 0.25) is 5.02 Å². The first-order valence-corrected chi connectivity index (χ1v) is 16.3. The smallest absolute Gasteiger partial charge is 0.322 e. The molecule has 0 aliphatic heterocycles. The van der Waals surface area contributed by atoms with Gasteiger partial charge in [-0.25, -0.2) is 13.1 Å². The first kappa shape index (κ1) is 31.2. The van der Waals surface area contributed by atoms with E-state index < -0.39 is 22.0 Å². The molecule has 1 N–H and O–H groups in total. The summed E-state index contributed by atoms with van der Waals surface area (Å²) in [6, 6.07) is 32.6. The van der Waals surface area contributed by atoms with Crippen molar-refractivity contribution in [3.05, 3.63) is 125 Å². The molecule has 1 aromatic heterocycles. The molecule has 1 unspecified atom stereocenters. The molecule has 0 spiro atoms. The molecule has 0 bridgehead atoms. The standard InChI is InChI=1S/C35H34ClN3O4S/c1-3-25-12-14-28(15-13-25)34-24-32(27-16-18-29(36)19-17-27)37-39(34)30-20-22-31(23-21-30)44(42,43)38(2)33(35(40)41)11-7-10-26-8-5-4-6-9-26/h4-6,8-9,12-24,33H,3,7,10-11H2,1-2H3,(H,40,41). The number of likely N-dealkylation sites (N-methyl/N-ethyl adjacent to an activating group) is 1. The van der Waals surface area contributed by atoms with Gasteiger partial charge in [0.15, 0.2) is 0 Å². The number of aromatic nitrogens is 2. The molecule has 226 valence electrons. The van der Waals surface area contributed by atoms with Gasteiger partial charge < -0.3 is 5.11 Å². The van der Waals surface area contributed by atoms with Gasteiger partial charge in [0.1, 0.15) is 6.04 Å². The van der Waals surface area contributed by atoms with Gasteiger partial charge in [0.2, 0.25) is 10.0 Å². The molecule has 0 aliphatic carbocycles. The zero-order valence-electron chi connectivity index (χ0n) is 24.6. The molecule has 4 aromatic carbocycles. The predicted molar refractivity (Wildman–Crippen MR) is 175 cm³/mol. The van der Waals surface area contributed by atoms with Crippen LogP contribution in [0.4, 0.5) is 0 Å². The highest BCUT2D eigenvalue weighted by atomic mass is 35.5. The Labute approximate surface area is 263 Å². The number of aryl methyl sites for hydroxylation is 2. The SMILES string of the molecule is CCc1ccc(-c2cc(-c3ccc(Cl)cc3)nn2-c2ccc(S(=O)(=O)N(C)C(CCCc3ccccc3)C(=O)O)cc2)cc1. The molecular weight excluding hydrogens is 594 g/mol. The number of nitrogens with zero attached hydrogens (tertiary/aromatic N) is 3. The fraction of sp³-hybridized carbons (Fsp3) is 0.200. The summed E-state index contributed by atoms with van der Waals surface area (Å²) in [5.74, 6) is -1.18. The molecule has 1 heterocycles. The van der Waals surface area contributed by atoms with Gasteiger partial charge in [-0.3, -0.25) is 4.79 Å². The number of carboxylic acid groups (broad SMARTS) is 1. The maximum atomic E-state index is 13.6. The van der Waals surface area contributed by atoms with Crippen LogP contribution >= 0.6 is 11.6 Å². The van der Waals surface area contributed by atoms with Crippen molar-refractivity contribution in [3.63, 3.8) is 0 Å². The van der Waals surface area contributed by atoms with Gasteiger partial charge in [0, 0.05) is 23.2 Å². The van der Waals surface area contributed by atoms with Crippen LogP contribution in [0.25, 0.3) is 28.2 Å². The highest BCUT2D eigenvalue weighted by molar-refractivity contribution is 7.89. The van der Waals surface area contributed by atoms with Gasteiger partial charge in [-0.15, -0.1) is 0 Å². The van der Waals surface area contributed by atoms with Gasteiger partial charge in [0.25, 0.3) is 0 Å². The van der Waals surface area contributed by atoms with Crippen LogP contribution < -0.4 is 0 Å². The van der Waals surface area contributed by atoms with Gasteiger partial charge in [0.05, 0.1) is 22.0 Å². The predicted octanol–water partition coefficient (Wildman–Crippen LogP) is 7.52. The molecule has 0 aliphatic rings. The van der Waals surface area contributed by atoms with Crippen molar-refractivity contribution in [3.8, 4) is 28.2 Å². The lowest BCUT2D eigenvalue weighted by Crippen LogP contribution is -2.42. The van der Waals surface area contributed by atoms with E-state index in [1.165, 1.54) is 24.7 Å². The Kier molecular flexibility index (Phi) is 9.64. The van der Waals surface area contributed by atoms with Gasteiger partial charge in [-0.1, -0.05) is 85.3 Å². The minimum absolute atomic E-state index is 0.0111. The Morgan fingerprint density at radius 3 is 2.14 bits per heavy atom. The van der Waals surface area contributed by atoms with Gasteiger partial charge >= 0.3 is 5.97 Å². The summed E-state index contributed by atoms with van der Waals surface area (Å²) in [6.45, 7) is 2.11. The van der Waals surface area contributed by atoms with Gasteiger partial charge in [-0.2, -0.15) is 9.40 Å². The number of hydrogen-bond acceptors (Lipinski definition) is 4. The lowest BCUT2D eigenvalue weighted by Gasteiger charge is -2.24. The van der Waals surface area contributed by atoms with Crippen LogP contribution in [-0.4, -0.2) is 46.7 Å². The first-order chi connectivity index (χ1) is 21.2. The van der Waals surface area contributed by atoms with E-state index in [4.69, 9.17) is 16.7 Å². The number of hydrogen-bond donors (Lipinski definition) is 1. The number of rotatable bonds is 12. The Morgan fingerprint density at radius 1 is 0.886 bits per heavy atom. The number of carbonyl (C=O) groups is 1. The molecule has 0 amide bonds. The molecule has 7 nitrogen and oxygen atoms in total. The minimum atomic E-state index is -4.08. The monoisotopic (exact) mass is 627 g/mol. The van der Waals surface area contributed by atoms with Crippen LogP contribution in [0.3, 0.4) is 0 Å². The molecule has 5 rings (SSSR count). The van der Waals surface area contributed by atoms with Crippen molar-refractivity contribution in [2.75, 3.05) is 7.05 Å². The lowest BCUT2D eigenvalue weighted by molar-refractivity contribution is -0.141. The maximum Gasteiger partial charge on any atom is 0.322 e. The molecule has 1 atom stereocenters. The van der Waals surface area contributed by atoms with Crippen molar-refractivity contribution in [2.24, 2.45) is 0 Å². The molecule has 0 saturated heterocycles. The zero-order valence-corrected chi connectivity index (χ0v) is 26.2. The number of sulfonamides is 1. The minimum Gasteiger partial charge on any atom is -0.480 e. The van der Waals surface area contributed by atoms with Crippen LogP contribution in [0, 0.1) is 0 Å². The Bertz CT molecular complexity index is 1820. The number of benzene rings is 4. The number of halogens is 1. The molecule has 44 heavy (non-hydrogen) atoms. The molecule has 0 fully saturated rings. The van der Waals surface area contributed by atoms with Crippen molar-refractivity contribution >= 4 is 27.6 Å². The van der Waals surface area contributed by atoms with E-state index in [0.717, 1.165) is 38.8 Å². The second kappa shape index (κ2) is 13.6.